The molecule has 2 heterocycles. The van der Waals surface area contributed by atoms with Gasteiger partial charge in [0.15, 0.2) is 0 Å². The summed E-state index contributed by atoms with van der Waals surface area (Å²) in [5, 5.41) is 6.45. The Labute approximate surface area is 163 Å². The van der Waals surface area contributed by atoms with Gasteiger partial charge >= 0.3 is 0 Å². The molecule has 0 spiro atoms. The lowest BCUT2D eigenvalue weighted by Crippen LogP contribution is -2.28. The lowest BCUT2D eigenvalue weighted by molar-refractivity contribution is 0.0893. The number of benzene rings is 2. The molecule has 0 bridgehead atoms. The van der Waals surface area contributed by atoms with Gasteiger partial charge < -0.3 is 9.84 Å². The molecule has 0 aliphatic heterocycles. The molecular weight excluding hydrogens is 383 g/mol. The standard InChI is InChI=1S/C21H14F3N3O2/c22-14-8-6-13(7-9-14)19-18-15(20(28)25-11-17(23)24)10-16(26-21(18)29-27-19)12-4-2-1-3-5-12/h1-10,17H,11H2,(H,25,28). The molecule has 0 atom stereocenters. The van der Waals surface area contributed by atoms with Crippen LogP contribution in [0.2, 0.25) is 0 Å². The Morgan fingerprint density at radius 1 is 1.03 bits per heavy atom. The fourth-order valence-electron chi connectivity index (χ4n) is 2.96. The molecule has 4 aromatic rings. The molecule has 1 amide bonds. The summed E-state index contributed by atoms with van der Waals surface area (Å²) in [5.41, 5.74) is 2.10. The van der Waals surface area contributed by atoms with Crippen molar-refractivity contribution in [1.29, 1.82) is 0 Å². The van der Waals surface area contributed by atoms with Gasteiger partial charge in [0.2, 0.25) is 0 Å². The van der Waals surface area contributed by atoms with E-state index in [0.717, 1.165) is 5.56 Å². The second-order valence-electron chi connectivity index (χ2n) is 6.24. The van der Waals surface area contributed by atoms with E-state index in [4.69, 9.17) is 4.52 Å². The minimum Gasteiger partial charge on any atom is -0.346 e. The van der Waals surface area contributed by atoms with Gasteiger partial charge in [-0.15, -0.1) is 0 Å². The second kappa shape index (κ2) is 7.75. The summed E-state index contributed by atoms with van der Waals surface area (Å²) in [7, 11) is 0. The summed E-state index contributed by atoms with van der Waals surface area (Å²) in [5.74, 6) is -1.14. The Morgan fingerprint density at radius 3 is 2.45 bits per heavy atom. The topological polar surface area (TPSA) is 68.0 Å². The molecule has 0 aliphatic rings. The molecule has 29 heavy (non-hydrogen) atoms. The maximum Gasteiger partial charge on any atom is 0.259 e. The monoisotopic (exact) mass is 397 g/mol. The summed E-state index contributed by atoms with van der Waals surface area (Å²) in [6.07, 6.45) is -2.69. The molecule has 0 saturated heterocycles. The first-order valence-electron chi connectivity index (χ1n) is 8.71. The summed E-state index contributed by atoms with van der Waals surface area (Å²) in [4.78, 5) is 17.1. The number of nitrogens with one attached hydrogen (secondary N) is 1. The number of halogens is 3. The van der Waals surface area contributed by atoms with Crippen molar-refractivity contribution in [3.8, 4) is 22.5 Å². The van der Waals surface area contributed by atoms with Crippen LogP contribution in [0.15, 0.2) is 65.2 Å². The van der Waals surface area contributed by atoms with Crippen molar-refractivity contribution in [1.82, 2.24) is 15.5 Å². The maximum absolute atomic E-state index is 13.3. The lowest BCUT2D eigenvalue weighted by atomic mass is 10.0. The predicted molar refractivity (Wildman–Crippen MR) is 101 cm³/mol. The van der Waals surface area contributed by atoms with Crippen molar-refractivity contribution in [3.05, 3.63) is 72.0 Å². The number of carbonyl (C=O) groups excluding carboxylic acids is 1. The van der Waals surface area contributed by atoms with Crippen molar-refractivity contribution in [2.45, 2.75) is 6.43 Å². The van der Waals surface area contributed by atoms with Crippen molar-refractivity contribution in [2.75, 3.05) is 6.54 Å². The summed E-state index contributed by atoms with van der Waals surface area (Å²) >= 11 is 0. The molecule has 2 aromatic carbocycles. The van der Waals surface area contributed by atoms with E-state index in [1.54, 1.807) is 12.1 Å². The summed E-state index contributed by atoms with van der Waals surface area (Å²) in [6, 6.07) is 16.0. The SMILES string of the molecule is O=C(NCC(F)F)c1cc(-c2ccccc2)nc2onc(-c3ccc(F)cc3)c12. The average molecular weight is 397 g/mol. The first-order valence-corrected chi connectivity index (χ1v) is 8.71. The summed E-state index contributed by atoms with van der Waals surface area (Å²) < 4.78 is 43.8. The number of amides is 1. The van der Waals surface area contributed by atoms with Gasteiger partial charge in [0.25, 0.3) is 18.0 Å². The third kappa shape index (κ3) is 3.82. The van der Waals surface area contributed by atoms with Crippen LogP contribution in [0.1, 0.15) is 10.4 Å². The second-order valence-corrected chi connectivity index (χ2v) is 6.24. The number of rotatable bonds is 5. The molecule has 5 nitrogen and oxygen atoms in total. The van der Waals surface area contributed by atoms with E-state index in [1.807, 2.05) is 18.2 Å². The zero-order valence-electron chi connectivity index (χ0n) is 14.9. The van der Waals surface area contributed by atoms with E-state index in [-0.39, 0.29) is 22.4 Å². The normalized spacial score (nSPS) is 11.2. The molecule has 1 N–H and O–H groups in total. The third-order valence-corrected chi connectivity index (χ3v) is 4.30. The molecular formula is C21H14F3N3O2. The Kier molecular flexibility index (Phi) is 4.99. The number of hydrogen-bond donors (Lipinski definition) is 1. The molecule has 0 fully saturated rings. The minimum absolute atomic E-state index is 0.0767. The molecule has 4 rings (SSSR count). The first kappa shape index (κ1) is 18.7. The van der Waals surface area contributed by atoms with Gasteiger partial charge in [0.05, 0.1) is 23.2 Å². The van der Waals surface area contributed by atoms with E-state index in [9.17, 15) is 18.0 Å². The zero-order chi connectivity index (χ0) is 20.4. The minimum atomic E-state index is -2.69. The number of aromatic nitrogens is 2. The lowest BCUT2D eigenvalue weighted by Gasteiger charge is -2.08. The number of alkyl halides is 2. The van der Waals surface area contributed by atoms with Gasteiger partial charge in [-0.25, -0.2) is 18.2 Å². The quantitative estimate of drug-likeness (QED) is 0.531. The highest BCUT2D eigenvalue weighted by Gasteiger charge is 2.22. The Balaban J connectivity index is 1.89. The van der Waals surface area contributed by atoms with Crippen LogP contribution in [0.5, 0.6) is 0 Å². The number of hydrogen-bond acceptors (Lipinski definition) is 4. The van der Waals surface area contributed by atoms with Crippen LogP contribution < -0.4 is 5.32 Å². The van der Waals surface area contributed by atoms with Gasteiger partial charge in [0.1, 0.15) is 11.5 Å². The van der Waals surface area contributed by atoms with Crippen LogP contribution in [0.4, 0.5) is 13.2 Å². The molecule has 146 valence electrons. The van der Waals surface area contributed by atoms with Crippen LogP contribution in [0.3, 0.4) is 0 Å². The smallest absolute Gasteiger partial charge is 0.259 e. The van der Waals surface area contributed by atoms with E-state index in [1.165, 1.54) is 30.3 Å². The largest absolute Gasteiger partial charge is 0.346 e. The van der Waals surface area contributed by atoms with Crippen LogP contribution >= 0.6 is 0 Å². The van der Waals surface area contributed by atoms with E-state index >= 15 is 0 Å². The molecule has 0 aliphatic carbocycles. The van der Waals surface area contributed by atoms with Crippen molar-refractivity contribution in [3.63, 3.8) is 0 Å². The van der Waals surface area contributed by atoms with Crippen LogP contribution in [-0.2, 0) is 0 Å². The van der Waals surface area contributed by atoms with E-state index in [0.29, 0.717) is 11.3 Å². The van der Waals surface area contributed by atoms with E-state index < -0.39 is 24.7 Å². The highest BCUT2D eigenvalue weighted by molar-refractivity contribution is 6.10. The van der Waals surface area contributed by atoms with Crippen LogP contribution in [0, 0.1) is 5.82 Å². The zero-order valence-corrected chi connectivity index (χ0v) is 14.9. The van der Waals surface area contributed by atoms with Gasteiger partial charge in [0, 0.05) is 11.1 Å². The van der Waals surface area contributed by atoms with Crippen LogP contribution in [-0.4, -0.2) is 29.0 Å². The number of pyridine rings is 1. The summed E-state index contributed by atoms with van der Waals surface area (Å²) in [6.45, 7) is -0.791. The first-order chi connectivity index (χ1) is 14.0. The number of fused-ring (bicyclic) bond motifs is 1. The third-order valence-electron chi connectivity index (χ3n) is 4.30. The fraction of sp³-hybridized carbons (Fsp3) is 0.0952. The van der Waals surface area contributed by atoms with Crippen molar-refractivity contribution in [2.24, 2.45) is 0 Å². The highest BCUT2D eigenvalue weighted by Crippen LogP contribution is 2.32. The molecule has 0 unspecified atom stereocenters. The Bertz CT molecular complexity index is 1160. The van der Waals surface area contributed by atoms with Gasteiger partial charge in [-0.2, -0.15) is 0 Å². The molecule has 8 heteroatoms. The fourth-order valence-corrected chi connectivity index (χ4v) is 2.96. The predicted octanol–water partition coefficient (Wildman–Crippen LogP) is 4.69. The van der Waals surface area contributed by atoms with Gasteiger partial charge in [-0.05, 0) is 30.3 Å². The average Bonchev–Trinajstić information content (AvgIpc) is 3.16. The molecule has 0 radical (unpaired) electrons. The Morgan fingerprint density at radius 2 is 1.76 bits per heavy atom. The van der Waals surface area contributed by atoms with Crippen molar-refractivity contribution >= 4 is 17.0 Å². The molecule has 2 aromatic heterocycles. The van der Waals surface area contributed by atoms with Gasteiger partial charge in [-0.1, -0.05) is 35.5 Å². The molecule has 0 saturated carbocycles. The number of carbonyl (C=O) groups is 1. The number of nitrogens with zero attached hydrogens (tertiary/aromatic N) is 2. The Hall–Kier alpha value is -3.68. The van der Waals surface area contributed by atoms with Gasteiger partial charge in [-0.3, -0.25) is 4.79 Å². The van der Waals surface area contributed by atoms with Crippen LogP contribution in [0.25, 0.3) is 33.6 Å². The highest BCUT2D eigenvalue weighted by atomic mass is 19.3. The van der Waals surface area contributed by atoms with Crippen molar-refractivity contribution < 1.29 is 22.5 Å². The maximum atomic E-state index is 13.3. The van der Waals surface area contributed by atoms with E-state index in [2.05, 4.69) is 15.5 Å².